The van der Waals surface area contributed by atoms with E-state index in [0.717, 1.165) is 18.6 Å². The molecular formula is C19H25N3. The Labute approximate surface area is 132 Å². The molecule has 0 spiro atoms. The van der Waals surface area contributed by atoms with Crippen LogP contribution in [0.4, 0.5) is 0 Å². The molecule has 2 bridgehead atoms. The Bertz CT molecular complexity index is 633. The predicted molar refractivity (Wildman–Crippen MR) is 88.8 cm³/mol. The van der Waals surface area contributed by atoms with Crippen molar-refractivity contribution < 1.29 is 0 Å². The lowest BCUT2D eigenvalue weighted by atomic mass is 9.95. The molecule has 116 valence electrons. The van der Waals surface area contributed by atoms with Crippen molar-refractivity contribution in [3.8, 4) is 0 Å². The van der Waals surface area contributed by atoms with Gasteiger partial charge in [-0.15, -0.1) is 0 Å². The van der Waals surface area contributed by atoms with Crippen LogP contribution in [0.2, 0.25) is 0 Å². The molecule has 2 aliphatic rings. The van der Waals surface area contributed by atoms with Gasteiger partial charge in [-0.1, -0.05) is 23.8 Å². The van der Waals surface area contributed by atoms with Gasteiger partial charge in [-0.3, -0.25) is 9.58 Å². The van der Waals surface area contributed by atoms with E-state index in [0.29, 0.717) is 6.04 Å². The summed E-state index contributed by atoms with van der Waals surface area (Å²) in [4.78, 5) is 2.77. The van der Waals surface area contributed by atoms with Crippen molar-refractivity contribution in [1.82, 2.24) is 14.7 Å². The van der Waals surface area contributed by atoms with Crippen LogP contribution < -0.4 is 0 Å². The first-order chi connectivity index (χ1) is 10.7. The van der Waals surface area contributed by atoms with Gasteiger partial charge in [0.05, 0.1) is 6.04 Å². The maximum Gasteiger partial charge on any atom is 0.0549 e. The number of nitrogens with zero attached hydrogens (tertiary/aromatic N) is 3. The maximum atomic E-state index is 4.47. The van der Waals surface area contributed by atoms with Crippen LogP contribution in [0.3, 0.4) is 0 Å². The summed E-state index contributed by atoms with van der Waals surface area (Å²) in [5.41, 5.74) is 4.31. The van der Waals surface area contributed by atoms with Crippen molar-refractivity contribution in [2.45, 2.75) is 64.2 Å². The zero-order valence-electron chi connectivity index (χ0n) is 13.6. The molecule has 2 unspecified atom stereocenters. The molecule has 4 rings (SSSR count). The zero-order valence-corrected chi connectivity index (χ0v) is 13.6. The van der Waals surface area contributed by atoms with Gasteiger partial charge in [-0.2, -0.15) is 5.10 Å². The standard InChI is InChI=1S/C19H25N3/c1-14-4-5-15(2)16(10-14)13-21-17-6-7-18(21)12-19(11-17)22-9-3-8-20-22/h3-5,8-10,17-19H,6-7,11-13H2,1-2H3. The van der Waals surface area contributed by atoms with E-state index < -0.39 is 0 Å². The molecule has 0 N–H and O–H groups in total. The third-order valence-electron chi connectivity index (χ3n) is 5.62. The Balaban J connectivity index is 1.52. The van der Waals surface area contributed by atoms with Gasteiger partial charge < -0.3 is 0 Å². The molecule has 2 aromatic rings. The molecule has 2 fully saturated rings. The molecule has 2 atom stereocenters. The molecule has 0 radical (unpaired) electrons. The molecule has 0 amide bonds. The van der Waals surface area contributed by atoms with Gasteiger partial charge in [0.1, 0.15) is 0 Å². The molecule has 1 aromatic carbocycles. The Hall–Kier alpha value is -1.61. The van der Waals surface area contributed by atoms with E-state index >= 15 is 0 Å². The third-order valence-corrected chi connectivity index (χ3v) is 5.62. The number of benzene rings is 1. The number of hydrogen-bond acceptors (Lipinski definition) is 2. The number of hydrogen-bond donors (Lipinski definition) is 0. The van der Waals surface area contributed by atoms with Gasteiger partial charge >= 0.3 is 0 Å². The van der Waals surface area contributed by atoms with Gasteiger partial charge in [0, 0.05) is 31.0 Å². The molecule has 3 heterocycles. The number of fused-ring (bicyclic) bond motifs is 2. The van der Waals surface area contributed by atoms with E-state index in [2.05, 4.69) is 52.9 Å². The average molecular weight is 295 g/mol. The second-order valence-corrected chi connectivity index (χ2v) is 7.10. The lowest BCUT2D eigenvalue weighted by Gasteiger charge is -2.39. The fraction of sp³-hybridized carbons (Fsp3) is 0.526. The van der Waals surface area contributed by atoms with Crippen molar-refractivity contribution in [2.75, 3.05) is 0 Å². The summed E-state index contributed by atoms with van der Waals surface area (Å²) in [5, 5.41) is 4.47. The normalized spacial score (nSPS) is 28.2. The largest absolute Gasteiger partial charge is 0.293 e. The number of aromatic nitrogens is 2. The van der Waals surface area contributed by atoms with Gasteiger partial charge in [-0.25, -0.2) is 0 Å². The summed E-state index contributed by atoms with van der Waals surface area (Å²) in [6.07, 6.45) is 9.25. The van der Waals surface area contributed by atoms with Crippen LogP contribution in [0, 0.1) is 13.8 Å². The topological polar surface area (TPSA) is 21.1 Å². The van der Waals surface area contributed by atoms with E-state index in [4.69, 9.17) is 0 Å². The summed E-state index contributed by atoms with van der Waals surface area (Å²) in [5.74, 6) is 0. The minimum Gasteiger partial charge on any atom is -0.293 e. The van der Waals surface area contributed by atoms with Crippen molar-refractivity contribution in [1.29, 1.82) is 0 Å². The monoisotopic (exact) mass is 295 g/mol. The van der Waals surface area contributed by atoms with E-state index in [1.165, 1.54) is 42.4 Å². The zero-order chi connectivity index (χ0) is 15.1. The molecule has 0 aliphatic carbocycles. The maximum absolute atomic E-state index is 4.47. The Kier molecular flexibility index (Phi) is 3.53. The van der Waals surface area contributed by atoms with Crippen LogP contribution in [0.15, 0.2) is 36.7 Å². The molecule has 1 aromatic heterocycles. The van der Waals surface area contributed by atoms with E-state index in [-0.39, 0.29) is 0 Å². The van der Waals surface area contributed by atoms with Crippen molar-refractivity contribution in [2.24, 2.45) is 0 Å². The number of rotatable bonds is 3. The summed E-state index contributed by atoms with van der Waals surface area (Å²) in [6, 6.07) is 11.0. The average Bonchev–Trinajstić information content (AvgIpc) is 3.10. The van der Waals surface area contributed by atoms with Gasteiger partial charge in [0.15, 0.2) is 0 Å². The van der Waals surface area contributed by atoms with Crippen LogP contribution in [-0.4, -0.2) is 26.8 Å². The quantitative estimate of drug-likeness (QED) is 0.857. The lowest BCUT2D eigenvalue weighted by Crippen LogP contribution is -2.43. The van der Waals surface area contributed by atoms with E-state index in [1.54, 1.807) is 0 Å². The van der Waals surface area contributed by atoms with Crippen LogP contribution in [0.25, 0.3) is 0 Å². The molecule has 3 heteroatoms. The highest BCUT2D eigenvalue weighted by molar-refractivity contribution is 5.30. The summed E-state index contributed by atoms with van der Waals surface area (Å²) >= 11 is 0. The predicted octanol–water partition coefficient (Wildman–Crippen LogP) is 3.87. The van der Waals surface area contributed by atoms with E-state index in [9.17, 15) is 0 Å². The lowest BCUT2D eigenvalue weighted by molar-refractivity contribution is 0.0949. The second-order valence-electron chi connectivity index (χ2n) is 7.10. The van der Waals surface area contributed by atoms with Crippen LogP contribution >= 0.6 is 0 Å². The summed E-state index contributed by atoms with van der Waals surface area (Å²) in [6.45, 7) is 5.56. The van der Waals surface area contributed by atoms with Crippen molar-refractivity contribution >= 4 is 0 Å². The molecule has 2 saturated heterocycles. The summed E-state index contributed by atoms with van der Waals surface area (Å²) < 4.78 is 2.18. The molecule has 0 saturated carbocycles. The summed E-state index contributed by atoms with van der Waals surface area (Å²) in [7, 11) is 0. The van der Waals surface area contributed by atoms with Crippen molar-refractivity contribution in [3.63, 3.8) is 0 Å². The highest BCUT2D eigenvalue weighted by Gasteiger charge is 2.41. The number of aryl methyl sites for hydroxylation is 2. The highest BCUT2D eigenvalue weighted by Crippen LogP contribution is 2.41. The number of piperidine rings is 1. The minimum absolute atomic E-state index is 0.599. The van der Waals surface area contributed by atoms with Crippen LogP contribution in [0.1, 0.15) is 48.4 Å². The second kappa shape index (κ2) is 5.54. The van der Waals surface area contributed by atoms with Crippen LogP contribution in [0.5, 0.6) is 0 Å². The van der Waals surface area contributed by atoms with Crippen LogP contribution in [-0.2, 0) is 6.54 Å². The minimum atomic E-state index is 0.599. The Morgan fingerprint density at radius 3 is 2.55 bits per heavy atom. The highest BCUT2D eigenvalue weighted by atomic mass is 15.3. The molecule has 2 aliphatic heterocycles. The Morgan fingerprint density at radius 2 is 1.86 bits per heavy atom. The fourth-order valence-electron chi connectivity index (χ4n) is 4.38. The third kappa shape index (κ3) is 2.48. The van der Waals surface area contributed by atoms with E-state index in [1.807, 2.05) is 12.3 Å². The first-order valence-corrected chi connectivity index (χ1v) is 8.51. The first-order valence-electron chi connectivity index (χ1n) is 8.51. The van der Waals surface area contributed by atoms with Gasteiger partial charge in [0.2, 0.25) is 0 Å². The van der Waals surface area contributed by atoms with Crippen molar-refractivity contribution in [3.05, 3.63) is 53.3 Å². The molecule has 3 nitrogen and oxygen atoms in total. The molecule has 22 heavy (non-hydrogen) atoms. The SMILES string of the molecule is Cc1ccc(C)c(CN2C3CCC2CC(n2cccn2)C3)c1. The van der Waals surface area contributed by atoms with Gasteiger partial charge in [-0.05, 0) is 56.7 Å². The smallest absolute Gasteiger partial charge is 0.0549 e. The van der Waals surface area contributed by atoms with Gasteiger partial charge in [0.25, 0.3) is 0 Å². The Morgan fingerprint density at radius 1 is 1.09 bits per heavy atom. The fourth-order valence-corrected chi connectivity index (χ4v) is 4.38. The first kappa shape index (κ1) is 14.0. The molecular weight excluding hydrogens is 270 g/mol.